The van der Waals surface area contributed by atoms with Crippen LogP contribution in [-0.2, 0) is 9.53 Å². The van der Waals surface area contributed by atoms with Crippen molar-refractivity contribution in [1.82, 2.24) is 10.3 Å². The molecule has 0 aliphatic rings. The predicted octanol–water partition coefficient (Wildman–Crippen LogP) is 2.72. The average molecular weight is 372 g/mol. The van der Waals surface area contributed by atoms with Gasteiger partial charge in [-0.25, -0.2) is 4.98 Å². The standard InChI is InChI=1S/C16H21N3O3S.ClH/c1-11-15(12-4-6-13(22-3)7-5-12)19-16(23-11)18-14(20)10-17-8-9-21-2;/h4-7,17H,8-10H2,1-3H3,(H,18,19,20);1H. The van der Waals surface area contributed by atoms with Gasteiger partial charge in [-0.15, -0.1) is 23.7 Å². The Hall–Kier alpha value is -1.67. The number of nitrogens with one attached hydrogen (secondary N) is 2. The second kappa shape index (κ2) is 10.2. The summed E-state index contributed by atoms with van der Waals surface area (Å²) in [6.45, 7) is 3.44. The topological polar surface area (TPSA) is 72.5 Å². The van der Waals surface area contributed by atoms with Crippen molar-refractivity contribution >= 4 is 34.8 Å². The molecule has 0 saturated carbocycles. The van der Waals surface area contributed by atoms with Crippen LogP contribution in [0.25, 0.3) is 11.3 Å². The summed E-state index contributed by atoms with van der Waals surface area (Å²) in [5.41, 5.74) is 1.87. The maximum Gasteiger partial charge on any atom is 0.240 e. The number of amides is 1. The molecule has 8 heteroatoms. The minimum absolute atomic E-state index is 0. The number of nitrogens with zero attached hydrogens (tertiary/aromatic N) is 1. The lowest BCUT2D eigenvalue weighted by Crippen LogP contribution is -2.30. The number of thiazole rings is 1. The largest absolute Gasteiger partial charge is 0.497 e. The van der Waals surface area contributed by atoms with Crippen molar-refractivity contribution in [3.05, 3.63) is 29.1 Å². The van der Waals surface area contributed by atoms with E-state index in [-0.39, 0.29) is 24.9 Å². The lowest BCUT2D eigenvalue weighted by Gasteiger charge is -2.03. The first-order valence-corrected chi connectivity index (χ1v) is 8.07. The summed E-state index contributed by atoms with van der Waals surface area (Å²) in [6, 6.07) is 7.70. The third-order valence-electron chi connectivity index (χ3n) is 3.17. The second-order valence-corrected chi connectivity index (χ2v) is 6.07. The minimum atomic E-state index is -0.115. The number of aryl methyl sites for hydroxylation is 1. The normalized spacial score (nSPS) is 10.1. The number of benzene rings is 1. The van der Waals surface area contributed by atoms with Crippen molar-refractivity contribution in [2.75, 3.05) is 39.2 Å². The van der Waals surface area contributed by atoms with E-state index >= 15 is 0 Å². The SMILES string of the molecule is COCCNCC(=O)Nc1nc(-c2ccc(OC)cc2)c(C)s1.Cl. The van der Waals surface area contributed by atoms with Crippen molar-refractivity contribution in [2.45, 2.75) is 6.92 Å². The zero-order valence-electron chi connectivity index (χ0n) is 13.9. The number of rotatable bonds is 8. The third kappa shape index (κ3) is 5.76. The van der Waals surface area contributed by atoms with E-state index in [1.54, 1.807) is 14.2 Å². The number of anilines is 1. The van der Waals surface area contributed by atoms with Gasteiger partial charge in [-0.05, 0) is 31.2 Å². The van der Waals surface area contributed by atoms with Crippen LogP contribution < -0.4 is 15.4 Å². The zero-order chi connectivity index (χ0) is 16.7. The number of aromatic nitrogens is 1. The molecule has 0 spiro atoms. The summed E-state index contributed by atoms with van der Waals surface area (Å²) >= 11 is 1.46. The number of halogens is 1. The fourth-order valence-corrected chi connectivity index (χ4v) is 2.86. The maximum absolute atomic E-state index is 11.9. The Kier molecular flexibility index (Phi) is 8.70. The quantitative estimate of drug-likeness (QED) is 0.698. The maximum atomic E-state index is 11.9. The van der Waals surface area contributed by atoms with Gasteiger partial charge < -0.3 is 20.1 Å². The summed E-state index contributed by atoms with van der Waals surface area (Å²) in [4.78, 5) is 17.4. The molecule has 6 nitrogen and oxygen atoms in total. The molecule has 1 amide bonds. The van der Waals surface area contributed by atoms with Gasteiger partial charge in [0.2, 0.25) is 5.91 Å². The van der Waals surface area contributed by atoms with Crippen LogP contribution in [0.1, 0.15) is 4.88 Å². The van der Waals surface area contributed by atoms with Crippen LogP contribution in [0, 0.1) is 6.92 Å². The predicted molar refractivity (Wildman–Crippen MR) is 99.5 cm³/mol. The molecule has 2 rings (SSSR count). The number of hydrogen-bond donors (Lipinski definition) is 2. The fourth-order valence-electron chi connectivity index (χ4n) is 2.01. The molecule has 0 aliphatic heterocycles. The van der Waals surface area contributed by atoms with E-state index in [0.29, 0.717) is 18.3 Å². The first-order valence-electron chi connectivity index (χ1n) is 7.25. The van der Waals surface area contributed by atoms with Gasteiger partial charge in [0, 0.05) is 24.1 Å². The highest BCUT2D eigenvalue weighted by atomic mass is 35.5. The monoisotopic (exact) mass is 371 g/mol. The first kappa shape index (κ1) is 20.4. The molecule has 24 heavy (non-hydrogen) atoms. The fraction of sp³-hybridized carbons (Fsp3) is 0.375. The van der Waals surface area contributed by atoms with Crippen molar-refractivity contribution in [3.8, 4) is 17.0 Å². The Labute approximate surface area is 152 Å². The highest BCUT2D eigenvalue weighted by Gasteiger charge is 2.12. The van der Waals surface area contributed by atoms with E-state index in [0.717, 1.165) is 21.9 Å². The molecule has 0 unspecified atom stereocenters. The van der Waals surface area contributed by atoms with Crippen molar-refractivity contribution in [2.24, 2.45) is 0 Å². The van der Waals surface area contributed by atoms with Crippen LogP contribution in [0.15, 0.2) is 24.3 Å². The number of methoxy groups -OCH3 is 2. The lowest BCUT2D eigenvalue weighted by atomic mass is 10.1. The van der Waals surface area contributed by atoms with Gasteiger partial charge in [0.1, 0.15) is 5.75 Å². The summed E-state index contributed by atoms with van der Waals surface area (Å²) < 4.78 is 10.1. The molecule has 0 atom stereocenters. The molecule has 0 aliphatic carbocycles. The van der Waals surface area contributed by atoms with Crippen molar-refractivity contribution in [1.29, 1.82) is 0 Å². The van der Waals surface area contributed by atoms with E-state index in [2.05, 4.69) is 15.6 Å². The molecular weight excluding hydrogens is 350 g/mol. The smallest absolute Gasteiger partial charge is 0.240 e. The molecule has 0 bridgehead atoms. The summed E-state index contributed by atoms with van der Waals surface area (Å²) in [7, 11) is 3.26. The van der Waals surface area contributed by atoms with Gasteiger partial charge in [0.25, 0.3) is 0 Å². The first-order chi connectivity index (χ1) is 11.1. The van der Waals surface area contributed by atoms with Crippen molar-refractivity contribution < 1.29 is 14.3 Å². The minimum Gasteiger partial charge on any atom is -0.497 e. The molecule has 1 aromatic heterocycles. The molecule has 0 radical (unpaired) electrons. The van der Waals surface area contributed by atoms with E-state index < -0.39 is 0 Å². The molecule has 132 valence electrons. The molecule has 1 aromatic carbocycles. The molecule has 1 heterocycles. The number of ether oxygens (including phenoxy) is 2. The molecule has 0 fully saturated rings. The Balaban J connectivity index is 0.00000288. The third-order valence-corrected chi connectivity index (χ3v) is 4.06. The Morgan fingerprint density at radius 1 is 1.25 bits per heavy atom. The van der Waals surface area contributed by atoms with Crippen LogP contribution in [0.2, 0.25) is 0 Å². The van der Waals surface area contributed by atoms with Gasteiger partial charge in [-0.2, -0.15) is 0 Å². The van der Waals surface area contributed by atoms with Gasteiger partial charge >= 0.3 is 0 Å². The van der Waals surface area contributed by atoms with Gasteiger partial charge in [-0.1, -0.05) is 0 Å². The summed E-state index contributed by atoms with van der Waals surface area (Å²) in [5.74, 6) is 0.688. The van der Waals surface area contributed by atoms with Gasteiger partial charge in [0.05, 0.1) is 26.0 Å². The van der Waals surface area contributed by atoms with Crippen LogP contribution in [0.4, 0.5) is 5.13 Å². The Bertz CT molecular complexity index is 647. The van der Waals surface area contributed by atoms with Crippen LogP contribution in [0.5, 0.6) is 5.75 Å². The van der Waals surface area contributed by atoms with E-state index in [1.165, 1.54) is 11.3 Å². The lowest BCUT2D eigenvalue weighted by molar-refractivity contribution is -0.115. The van der Waals surface area contributed by atoms with Gasteiger partial charge in [0.15, 0.2) is 5.13 Å². The van der Waals surface area contributed by atoms with Gasteiger partial charge in [-0.3, -0.25) is 4.79 Å². The molecule has 0 saturated heterocycles. The average Bonchev–Trinajstić information content (AvgIpc) is 2.92. The van der Waals surface area contributed by atoms with Crippen LogP contribution in [-0.4, -0.2) is 44.8 Å². The van der Waals surface area contributed by atoms with Crippen LogP contribution in [0.3, 0.4) is 0 Å². The number of carbonyl (C=O) groups is 1. The number of carbonyl (C=O) groups excluding carboxylic acids is 1. The van der Waals surface area contributed by atoms with Crippen LogP contribution >= 0.6 is 23.7 Å². The highest BCUT2D eigenvalue weighted by molar-refractivity contribution is 7.16. The second-order valence-electron chi connectivity index (χ2n) is 4.87. The Morgan fingerprint density at radius 3 is 2.58 bits per heavy atom. The Morgan fingerprint density at radius 2 is 1.96 bits per heavy atom. The molecule has 2 aromatic rings. The van der Waals surface area contributed by atoms with Crippen molar-refractivity contribution in [3.63, 3.8) is 0 Å². The van der Waals surface area contributed by atoms with E-state index in [9.17, 15) is 4.79 Å². The number of hydrogen-bond acceptors (Lipinski definition) is 6. The highest BCUT2D eigenvalue weighted by Crippen LogP contribution is 2.31. The summed E-state index contributed by atoms with van der Waals surface area (Å²) in [5, 5.41) is 6.41. The van der Waals surface area contributed by atoms with E-state index in [4.69, 9.17) is 9.47 Å². The summed E-state index contributed by atoms with van der Waals surface area (Å²) in [6.07, 6.45) is 0. The zero-order valence-corrected chi connectivity index (χ0v) is 15.6. The molecule has 2 N–H and O–H groups in total. The molecular formula is C16H22ClN3O3S. The van der Waals surface area contributed by atoms with E-state index in [1.807, 2.05) is 31.2 Å².